The first-order valence-corrected chi connectivity index (χ1v) is 10.8. The molecule has 0 unspecified atom stereocenters. The molecule has 0 saturated heterocycles. The van der Waals surface area contributed by atoms with E-state index in [0.29, 0.717) is 21.5 Å². The predicted molar refractivity (Wildman–Crippen MR) is 132 cm³/mol. The third-order valence-electron chi connectivity index (χ3n) is 7.64. The molecule has 0 aliphatic heterocycles. The monoisotopic (exact) mass is 440 g/mol. The summed E-state index contributed by atoms with van der Waals surface area (Å²) in [4.78, 5) is 51.0. The maximum atomic E-state index is 12.8. The van der Waals surface area contributed by atoms with E-state index in [2.05, 4.69) is 0 Å². The zero-order chi connectivity index (χ0) is 22.6. The Labute approximate surface area is 185 Å². The molecule has 2 aromatic heterocycles. The summed E-state index contributed by atoms with van der Waals surface area (Å²) in [7, 11) is 0. The molecule has 0 spiro atoms. The van der Waals surface area contributed by atoms with E-state index in [9.17, 15) is 19.2 Å². The van der Waals surface area contributed by atoms with Gasteiger partial charge in [-0.05, 0) is 64.6 Å². The minimum Gasteiger partial charge on any atom is -0.386 e. The lowest BCUT2D eigenvalue weighted by atomic mass is 9.80. The van der Waals surface area contributed by atoms with Gasteiger partial charge in [0, 0.05) is 0 Å². The van der Waals surface area contributed by atoms with Crippen LogP contribution in [-0.4, -0.2) is 0 Å². The van der Waals surface area contributed by atoms with Gasteiger partial charge in [-0.15, -0.1) is 0 Å². The molecule has 34 heavy (non-hydrogen) atoms. The molecule has 0 radical (unpaired) electrons. The van der Waals surface area contributed by atoms with Crippen molar-refractivity contribution >= 4 is 86.2 Å². The lowest BCUT2D eigenvalue weighted by Gasteiger charge is -2.21. The van der Waals surface area contributed by atoms with Gasteiger partial charge in [0.15, 0.2) is 0 Å². The molecule has 0 saturated carbocycles. The van der Waals surface area contributed by atoms with Crippen LogP contribution in [0.5, 0.6) is 0 Å². The molecule has 0 bridgehead atoms. The standard InChI is InChI=1S/C28H8O6/c29-25-21-11-5-1-9-2-6-12-18-15(9)17(11)19-13(22(21)26(30)33-25)7-3-10-4-8-14(20(18)16(10)19)24-23(12)27(31)34-28(24)32/h1-8H. The van der Waals surface area contributed by atoms with E-state index in [1.165, 1.54) is 0 Å². The van der Waals surface area contributed by atoms with Crippen LogP contribution in [0.2, 0.25) is 0 Å². The summed E-state index contributed by atoms with van der Waals surface area (Å²) in [6, 6.07) is 15.1. The topological polar surface area (TPSA) is 94.6 Å². The molecule has 9 aromatic rings. The minimum atomic E-state index is -0.652. The van der Waals surface area contributed by atoms with Crippen LogP contribution in [0.3, 0.4) is 0 Å². The first-order chi connectivity index (χ1) is 16.5. The Balaban J connectivity index is 1.87. The van der Waals surface area contributed by atoms with Gasteiger partial charge in [0.05, 0.1) is 21.5 Å². The van der Waals surface area contributed by atoms with Gasteiger partial charge in [-0.25, -0.2) is 19.2 Å². The molecule has 7 aromatic carbocycles. The van der Waals surface area contributed by atoms with Crippen LogP contribution in [0.25, 0.3) is 86.2 Å². The van der Waals surface area contributed by atoms with E-state index in [-0.39, 0.29) is 21.5 Å². The highest BCUT2D eigenvalue weighted by molar-refractivity contribution is 6.50. The fraction of sp³-hybridized carbons (Fsp3) is 0. The number of fused-ring (bicyclic) bond motifs is 6. The molecule has 2 heterocycles. The zero-order valence-electron chi connectivity index (χ0n) is 17.1. The maximum absolute atomic E-state index is 12.8. The number of furan rings is 2. The number of benzene rings is 7. The number of hydrogen-bond acceptors (Lipinski definition) is 6. The SMILES string of the molecule is O=c1oc(=O)c2c3ccc4ccc5c6c(=O)oc(=O)c6c6ccc7ccc(c12)c1c7c6c5c4c31. The highest BCUT2D eigenvalue weighted by Crippen LogP contribution is 2.51. The molecular weight excluding hydrogens is 432 g/mol. The van der Waals surface area contributed by atoms with Crippen LogP contribution in [0.1, 0.15) is 0 Å². The fourth-order valence-corrected chi connectivity index (χ4v) is 6.47. The molecule has 0 amide bonds. The van der Waals surface area contributed by atoms with Crippen molar-refractivity contribution in [2.24, 2.45) is 0 Å². The van der Waals surface area contributed by atoms with E-state index >= 15 is 0 Å². The second-order valence-corrected chi connectivity index (χ2v) is 9.00. The van der Waals surface area contributed by atoms with Crippen molar-refractivity contribution in [2.45, 2.75) is 0 Å². The molecule has 9 rings (SSSR count). The lowest BCUT2D eigenvalue weighted by Crippen LogP contribution is -1.99. The Morgan fingerprint density at radius 3 is 0.853 bits per heavy atom. The Bertz CT molecular complexity index is 2220. The van der Waals surface area contributed by atoms with Crippen molar-refractivity contribution in [1.29, 1.82) is 0 Å². The van der Waals surface area contributed by atoms with Gasteiger partial charge in [-0.2, -0.15) is 0 Å². The maximum Gasteiger partial charge on any atom is 0.347 e. The highest BCUT2D eigenvalue weighted by Gasteiger charge is 2.28. The molecule has 0 aliphatic rings. The van der Waals surface area contributed by atoms with Gasteiger partial charge in [0.2, 0.25) is 0 Å². The van der Waals surface area contributed by atoms with Gasteiger partial charge in [-0.3, -0.25) is 0 Å². The van der Waals surface area contributed by atoms with E-state index in [0.717, 1.165) is 43.1 Å². The molecule has 6 heteroatoms. The first kappa shape index (κ1) is 16.7. The second kappa shape index (κ2) is 4.89. The Morgan fingerprint density at radius 1 is 0.324 bits per heavy atom. The second-order valence-electron chi connectivity index (χ2n) is 9.00. The average molecular weight is 440 g/mol. The van der Waals surface area contributed by atoms with Crippen LogP contribution < -0.4 is 22.5 Å². The van der Waals surface area contributed by atoms with Gasteiger partial charge in [-0.1, -0.05) is 48.5 Å². The molecule has 0 N–H and O–H groups in total. The van der Waals surface area contributed by atoms with Gasteiger partial charge >= 0.3 is 22.5 Å². The lowest BCUT2D eigenvalue weighted by molar-refractivity contribution is 0.500. The van der Waals surface area contributed by atoms with Gasteiger partial charge in [0.1, 0.15) is 0 Å². The Kier molecular flexibility index (Phi) is 2.41. The van der Waals surface area contributed by atoms with Gasteiger partial charge < -0.3 is 8.83 Å². The van der Waals surface area contributed by atoms with Crippen molar-refractivity contribution in [3.05, 3.63) is 90.2 Å². The van der Waals surface area contributed by atoms with E-state index < -0.39 is 22.5 Å². The summed E-state index contributed by atoms with van der Waals surface area (Å²) in [6.45, 7) is 0. The van der Waals surface area contributed by atoms with Crippen molar-refractivity contribution in [2.75, 3.05) is 0 Å². The average Bonchev–Trinajstić information content (AvgIpc) is 3.31. The zero-order valence-corrected chi connectivity index (χ0v) is 17.1. The molecule has 6 nitrogen and oxygen atoms in total. The first-order valence-electron chi connectivity index (χ1n) is 10.8. The van der Waals surface area contributed by atoms with Crippen molar-refractivity contribution in [1.82, 2.24) is 0 Å². The van der Waals surface area contributed by atoms with E-state index in [1.807, 2.05) is 48.5 Å². The molecule has 0 fully saturated rings. The van der Waals surface area contributed by atoms with Crippen LogP contribution in [-0.2, 0) is 0 Å². The summed E-state index contributed by atoms with van der Waals surface area (Å²) < 4.78 is 10.1. The van der Waals surface area contributed by atoms with Crippen molar-refractivity contribution in [3.8, 4) is 0 Å². The van der Waals surface area contributed by atoms with Crippen LogP contribution in [0.15, 0.2) is 76.5 Å². The van der Waals surface area contributed by atoms with Crippen LogP contribution in [0.4, 0.5) is 0 Å². The summed E-state index contributed by atoms with van der Waals surface area (Å²) in [6.07, 6.45) is 0. The van der Waals surface area contributed by atoms with E-state index in [4.69, 9.17) is 8.83 Å². The van der Waals surface area contributed by atoms with Crippen molar-refractivity contribution in [3.63, 3.8) is 0 Å². The number of rotatable bonds is 0. The minimum absolute atomic E-state index is 0.275. The molecule has 156 valence electrons. The fourth-order valence-electron chi connectivity index (χ4n) is 6.47. The Hall–Kier alpha value is -4.84. The predicted octanol–water partition coefficient (Wildman–Crippen LogP) is 4.73. The smallest absolute Gasteiger partial charge is 0.347 e. The third-order valence-corrected chi connectivity index (χ3v) is 7.64. The summed E-state index contributed by atoms with van der Waals surface area (Å²) in [5.41, 5.74) is -2.61. The van der Waals surface area contributed by atoms with Crippen LogP contribution in [0, 0.1) is 0 Å². The van der Waals surface area contributed by atoms with Crippen molar-refractivity contribution < 1.29 is 8.83 Å². The summed E-state index contributed by atoms with van der Waals surface area (Å²) in [5.74, 6) is 0. The number of hydrogen-bond donors (Lipinski definition) is 0. The molecule has 0 atom stereocenters. The summed E-state index contributed by atoms with van der Waals surface area (Å²) in [5, 5.41) is 10.7. The Morgan fingerprint density at radius 2 is 0.588 bits per heavy atom. The van der Waals surface area contributed by atoms with E-state index in [1.54, 1.807) is 0 Å². The summed E-state index contributed by atoms with van der Waals surface area (Å²) >= 11 is 0. The largest absolute Gasteiger partial charge is 0.386 e. The van der Waals surface area contributed by atoms with Crippen LogP contribution >= 0.6 is 0 Å². The molecular formula is C28H8O6. The molecule has 0 aliphatic carbocycles. The quantitative estimate of drug-likeness (QED) is 0.250. The highest BCUT2D eigenvalue weighted by atomic mass is 16.4. The third kappa shape index (κ3) is 1.50. The normalized spacial score (nSPS) is 13.2. The van der Waals surface area contributed by atoms with Gasteiger partial charge in [0.25, 0.3) is 0 Å².